The van der Waals surface area contributed by atoms with Gasteiger partial charge >= 0.3 is 0 Å². The van der Waals surface area contributed by atoms with Crippen molar-refractivity contribution in [3.05, 3.63) is 58.7 Å². The summed E-state index contributed by atoms with van der Waals surface area (Å²) in [5.74, 6) is 0. The first-order chi connectivity index (χ1) is 8.16. The highest BCUT2D eigenvalue weighted by molar-refractivity contribution is 7.91. The second kappa shape index (κ2) is 3.90. The Labute approximate surface area is 105 Å². The highest BCUT2D eigenvalue weighted by Gasteiger charge is 2.28. The smallest absolute Gasteiger partial charge is 0.162 e. The normalized spacial score (nSPS) is 17.5. The summed E-state index contributed by atoms with van der Waals surface area (Å²) >= 11 is -1.01. The Kier molecular flexibility index (Phi) is 2.49. The summed E-state index contributed by atoms with van der Waals surface area (Å²) in [4.78, 5) is 1.97. The van der Waals surface area contributed by atoms with Gasteiger partial charge in [0.25, 0.3) is 0 Å². The van der Waals surface area contributed by atoms with Gasteiger partial charge in [0.1, 0.15) is 0 Å². The fraction of sp³-hybridized carbons (Fsp3) is 0.200. The molecule has 0 aliphatic carbocycles. The lowest BCUT2D eigenvalue weighted by molar-refractivity contribution is 0.590. The summed E-state index contributed by atoms with van der Waals surface area (Å²) in [6.45, 7) is 4.19. The maximum atomic E-state index is 12.5. The van der Waals surface area contributed by atoms with Gasteiger partial charge in [-0.15, -0.1) is 0 Å². The first-order valence-electron chi connectivity index (χ1n) is 5.76. The van der Waals surface area contributed by atoms with Gasteiger partial charge in [-0.25, -0.2) is 0 Å². The van der Waals surface area contributed by atoms with Crippen LogP contribution in [-0.2, 0) is 17.6 Å². The summed E-state index contributed by atoms with van der Waals surface area (Å²) in [5, 5.41) is 0. The van der Waals surface area contributed by atoms with E-state index in [1.165, 1.54) is 22.3 Å². The minimum Gasteiger partial charge on any atom is -0.606 e. The maximum absolute atomic E-state index is 12.5. The molecule has 0 aromatic heterocycles. The van der Waals surface area contributed by atoms with Gasteiger partial charge in [0.05, 0.1) is 0 Å². The maximum Gasteiger partial charge on any atom is 0.162 e. The minimum atomic E-state index is -1.01. The van der Waals surface area contributed by atoms with Crippen molar-refractivity contribution in [2.75, 3.05) is 0 Å². The van der Waals surface area contributed by atoms with E-state index in [2.05, 4.69) is 32.0 Å². The van der Waals surface area contributed by atoms with Gasteiger partial charge in [-0.1, -0.05) is 24.3 Å². The zero-order chi connectivity index (χ0) is 12.0. The monoisotopic (exact) mass is 242 g/mol. The molecule has 0 saturated heterocycles. The van der Waals surface area contributed by atoms with Crippen LogP contribution < -0.4 is 0 Å². The number of fused-ring (bicyclic) bond motifs is 2. The first-order valence-corrected chi connectivity index (χ1v) is 6.91. The Bertz CT molecular complexity index is 589. The molecular weight excluding hydrogens is 228 g/mol. The zero-order valence-corrected chi connectivity index (χ0v) is 10.8. The van der Waals surface area contributed by atoms with Gasteiger partial charge in [-0.3, -0.25) is 0 Å². The highest BCUT2D eigenvalue weighted by Crippen LogP contribution is 2.35. The summed E-state index contributed by atoms with van der Waals surface area (Å²) in [5.41, 5.74) is 4.91. The van der Waals surface area contributed by atoms with Crippen LogP contribution in [0.5, 0.6) is 0 Å². The highest BCUT2D eigenvalue weighted by atomic mass is 32.2. The van der Waals surface area contributed by atoms with Gasteiger partial charge < -0.3 is 4.55 Å². The molecule has 1 nitrogen and oxygen atoms in total. The Morgan fingerprint density at radius 1 is 0.941 bits per heavy atom. The van der Waals surface area contributed by atoms with E-state index >= 15 is 0 Å². The van der Waals surface area contributed by atoms with Crippen LogP contribution in [0.1, 0.15) is 22.3 Å². The molecule has 1 atom stereocenters. The lowest BCUT2D eigenvalue weighted by atomic mass is 10.00. The van der Waals surface area contributed by atoms with Crippen LogP contribution in [0.2, 0.25) is 0 Å². The molecule has 17 heavy (non-hydrogen) atoms. The fourth-order valence-corrected chi connectivity index (χ4v) is 3.79. The van der Waals surface area contributed by atoms with Crippen molar-refractivity contribution < 1.29 is 4.55 Å². The van der Waals surface area contributed by atoms with E-state index < -0.39 is 11.2 Å². The van der Waals surface area contributed by atoms with Gasteiger partial charge in [0.2, 0.25) is 0 Å². The number of aryl methyl sites for hydroxylation is 2. The molecule has 2 heteroatoms. The topological polar surface area (TPSA) is 23.1 Å². The molecule has 3 rings (SSSR count). The SMILES string of the molecule is Cc1cc2c(cc1C)[S+]([O-])c1ccccc1C2. The molecule has 1 unspecified atom stereocenters. The van der Waals surface area contributed by atoms with Crippen LogP contribution in [0.25, 0.3) is 0 Å². The molecule has 0 fully saturated rings. The number of hydrogen-bond acceptors (Lipinski definition) is 1. The molecule has 2 aromatic rings. The molecule has 2 aromatic carbocycles. The van der Waals surface area contributed by atoms with E-state index in [1.54, 1.807) is 0 Å². The molecule has 1 aliphatic heterocycles. The van der Waals surface area contributed by atoms with E-state index in [-0.39, 0.29) is 0 Å². The van der Waals surface area contributed by atoms with E-state index in [4.69, 9.17) is 0 Å². The third kappa shape index (κ3) is 1.68. The lowest BCUT2D eigenvalue weighted by Gasteiger charge is -2.22. The van der Waals surface area contributed by atoms with E-state index in [0.29, 0.717) is 0 Å². The molecule has 0 saturated carbocycles. The average molecular weight is 242 g/mol. The molecule has 86 valence electrons. The number of benzene rings is 2. The first kappa shape index (κ1) is 10.9. The second-order valence-electron chi connectivity index (χ2n) is 4.60. The molecule has 0 amide bonds. The van der Waals surface area contributed by atoms with Crippen LogP contribution in [0.15, 0.2) is 46.2 Å². The lowest BCUT2D eigenvalue weighted by Crippen LogP contribution is -2.15. The van der Waals surface area contributed by atoms with E-state index in [9.17, 15) is 4.55 Å². The van der Waals surface area contributed by atoms with Crippen molar-refractivity contribution in [2.24, 2.45) is 0 Å². The van der Waals surface area contributed by atoms with Crippen LogP contribution in [0, 0.1) is 13.8 Å². The minimum absolute atomic E-state index is 0.901. The summed E-state index contributed by atoms with van der Waals surface area (Å²) in [7, 11) is 0. The molecule has 1 heterocycles. The summed E-state index contributed by atoms with van der Waals surface area (Å²) < 4.78 is 12.5. The van der Waals surface area contributed by atoms with Gasteiger partial charge in [-0.2, -0.15) is 0 Å². The zero-order valence-electron chi connectivity index (χ0n) is 9.99. The van der Waals surface area contributed by atoms with Crippen molar-refractivity contribution in [1.82, 2.24) is 0 Å². The summed E-state index contributed by atoms with van der Waals surface area (Å²) in [6.07, 6.45) is 0.901. The van der Waals surface area contributed by atoms with Crippen molar-refractivity contribution in [2.45, 2.75) is 30.1 Å². The second-order valence-corrected chi connectivity index (χ2v) is 6.01. The Morgan fingerprint density at radius 2 is 1.65 bits per heavy atom. The van der Waals surface area contributed by atoms with Crippen molar-refractivity contribution >= 4 is 11.2 Å². The third-order valence-electron chi connectivity index (χ3n) is 3.43. The van der Waals surface area contributed by atoms with Gasteiger partial charge in [0.15, 0.2) is 9.79 Å². The van der Waals surface area contributed by atoms with E-state index in [0.717, 1.165) is 16.2 Å². The predicted molar refractivity (Wildman–Crippen MR) is 69.8 cm³/mol. The Hall–Kier alpha value is -1.25. The van der Waals surface area contributed by atoms with Gasteiger partial charge in [-0.05, 0) is 37.1 Å². The van der Waals surface area contributed by atoms with Crippen LogP contribution in [-0.4, -0.2) is 4.55 Å². The fourth-order valence-electron chi connectivity index (χ4n) is 2.31. The van der Waals surface area contributed by atoms with E-state index in [1.807, 2.05) is 18.2 Å². The Balaban J connectivity index is 2.20. The van der Waals surface area contributed by atoms with Crippen LogP contribution in [0.4, 0.5) is 0 Å². The molecule has 0 spiro atoms. The number of rotatable bonds is 0. The Morgan fingerprint density at radius 3 is 2.47 bits per heavy atom. The van der Waals surface area contributed by atoms with Crippen molar-refractivity contribution in [3.63, 3.8) is 0 Å². The third-order valence-corrected chi connectivity index (χ3v) is 5.01. The van der Waals surface area contributed by atoms with Crippen LogP contribution in [0.3, 0.4) is 0 Å². The van der Waals surface area contributed by atoms with Crippen molar-refractivity contribution in [3.8, 4) is 0 Å². The van der Waals surface area contributed by atoms with Crippen LogP contribution >= 0.6 is 0 Å². The largest absolute Gasteiger partial charge is 0.606 e. The number of hydrogen-bond donors (Lipinski definition) is 0. The predicted octanol–water partition coefficient (Wildman–Crippen LogP) is 3.37. The molecule has 1 aliphatic rings. The quantitative estimate of drug-likeness (QED) is 0.649. The molecule has 0 radical (unpaired) electrons. The average Bonchev–Trinajstić information content (AvgIpc) is 2.32. The molecular formula is C15H14OS. The molecule has 0 N–H and O–H groups in total. The molecule has 0 bridgehead atoms. The van der Waals surface area contributed by atoms with Gasteiger partial charge in [0, 0.05) is 28.7 Å². The summed E-state index contributed by atoms with van der Waals surface area (Å²) in [6, 6.07) is 12.3. The standard InChI is InChI=1S/C15H14OS/c1-10-7-13-9-12-5-3-4-6-14(12)17(16)15(13)8-11(10)2/h3-8H,9H2,1-2H3. The van der Waals surface area contributed by atoms with Crippen molar-refractivity contribution in [1.29, 1.82) is 0 Å².